The zero-order valence-corrected chi connectivity index (χ0v) is 15.7. The fourth-order valence-corrected chi connectivity index (χ4v) is 3.95. The van der Waals surface area contributed by atoms with Crippen LogP contribution in [0, 0.1) is 5.82 Å². The minimum Gasteiger partial charge on any atom is -0.507 e. The molecule has 0 saturated carbocycles. The Balaban J connectivity index is 1.61. The van der Waals surface area contributed by atoms with Gasteiger partial charge in [-0.3, -0.25) is 0 Å². The van der Waals surface area contributed by atoms with Crippen LogP contribution in [0.2, 0.25) is 0 Å². The molecule has 5 nitrogen and oxygen atoms in total. The topological polar surface area (TPSA) is 54.3 Å². The number of methoxy groups -OCH3 is 1. The Morgan fingerprint density at radius 3 is 2.79 bits per heavy atom. The Labute approximate surface area is 167 Å². The number of benzene rings is 3. The molecule has 0 saturated heterocycles. The van der Waals surface area contributed by atoms with E-state index in [1.165, 1.54) is 12.1 Å². The molecule has 2 atom stereocenters. The van der Waals surface area contributed by atoms with Crippen molar-refractivity contribution in [2.75, 3.05) is 7.11 Å². The van der Waals surface area contributed by atoms with Gasteiger partial charge in [-0.2, -0.15) is 5.10 Å². The van der Waals surface area contributed by atoms with Crippen molar-refractivity contribution in [2.24, 2.45) is 5.10 Å². The summed E-state index contributed by atoms with van der Waals surface area (Å²) in [6.45, 7) is 0. The lowest BCUT2D eigenvalue weighted by Gasteiger charge is -2.38. The standard InChI is InChI=1S/C23H19FN2O3/c1-28-16-9-10-21(27)18(12-16)19-13-20-17-7-2-3-8-22(17)29-23(26(20)25-19)14-5-4-6-15(24)11-14/h2-12,20,23,27H,13H2,1H3/t20-,23-/m0/s1. The second-order valence-electron chi connectivity index (χ2n) is 7.09. The summed E-state index contributed by atoms with van der Waals surface area (Å²) in [4.78, 5) is 0. The van der Waals surface area contributed by atoms with Crippen LogP contribution in [-0.2, 0) is 0 Å². The summed E-state index contributed by atoms with van der Waals surface area (Å²) in [6.07, 6.45) is 0.0308. The highest BCUT2D eigenvalue weighted by molar-refractivity contribution is 6.04. The summed E-state index contributed by atoms with van der Waals surface area (Å²) < 4.78 is 25.4. The highest BCUT2D eigenvalue weighted by atomic mass is 19.1. The summed E-state index contributed by atoms with van der Waals surface area (Å²) in [5, 5.41) is 17.0. The van der Waals surface area contributed by atoms with E-state index in [9.17, 15) is 9.50 Å². The van der Waals surface area contributed by atoms with Crippen LogP contribution in [0.3, 0.4) is 0 Å². The zero-order chi connectivity index (χ0) is 20.0. The number of ether oxygens (including phenoxy) is 2. The van der Waals surface area contributed by atoms with Gasteiger partial charge in [0.05, 0.1) is 18.9 Å². The van der Waals surface area contributed by atoms with Gasteiger partial charge in [0.15, 0.2) is 0 Å². The van der Waals surface area contributed by atoms with E-state index in [1.54, 1.807) is 31.4 Å². The van der Waals surface area contributed by atoms with E-state index in [1.807, 2.05) is 35.3 Å². The number of hydrazone groups is 1. The summed E-state index contributed by atoms with van der Waals surface area (Å²) in [5.41, 5.74) is 3.05. The minimum atomic E-state index is -0.559. The van der Waals surface area contributed by atoms with E-state index in [-0.39, 0.29) is 17.6 Å². The van der Waals surface area contributed by atoms with Gasteiger partial charge in [-0.05, 0) is 36.4 Å². The van der Waals surface area contributed by atoms with E-state index >= 15 is 0 Å². The molecule has 0 spiro atoms. The van der Waals surface area contributed by atoms with Crippen molar-refractivity contribution < 1.29 is 19.0 Å². The maximum absolute atomic E-state index is 13.9. The molecule has 0 fully saturated rings. The Kier molecular flexibility index (Phi) is 4.12. The van der Waals surface area contributed by atoms with Gasteiger partial charge in [-0.1, -0.05) is 30.3 Å². The maximum atomic E-state index is 13.9. The van der Waals surface area contributed by atoms with Crippen LogP contribution < -0.4 is 9.47 Å². The van der Waals surface area contributed by atoms with Crippen LogP contribution >= 0.6 is 0 Å². The largest absolute Gasteiger partial charge is 0.507 e. The van der Waals surface area contributed by atoms with Crippen molar-refractivity contribution in [3.05, 3.63) is 89.2 Å². The van der Waals surface area contributed by atoms with Gasteiger partial charge in [0.1, 0.15) is 23.1 Å². The van der Waals surface area contributed by atoms with Crippen LogP contribution in [0.1, 0.15) is 35.4 Å². The average molecular weight is 390 g/mol. The molecule has 2 aliphatic rings. The van der Waals surface area contributed by atoms with Crippen LogP contribution in [0.4, 0.5) is 4.39 Å². The van der Waals surface area contributed by atoms with Gasteiger partial charge in [-0.25, -0.2) is 9.40 Å². The molecule has 29 heavy (non-hydrogen) atoms. The highest BCUT2D eigenvalue weighted by Crippen LogP contribution is 2.48. The molecule has 6 heteroatoms. The van der Waals surface area contributed by atoms with Crippen molar-refractivity contribution in [1.82, 2.24) is 5.01 Å². The third kappa shape index (κ3) is 2.97. The molecule has 146 valence electrons. The zero-order valence-electron chi connectivity index (χ0n) is 15.7. The third-order valence-corrected chi connectivity index (χ3v) is 5.35. The Morgan fingerprint density at radius 2 is 1.97 bits per heavy atom. The number of hydrogen-bond donors (Lipinski definition) is 1. The van der Waals surface area contributed by atoms with Crippen molar-refractivity contribution in [3.8, 4) is 17.2 Å². The van der Waals surface area contributed by atoms with Crippen molar-refractivity contribution in [1.29, 1.82) is 0 Å². The number of para-hydroxylation sites is 1. The molecule has 0 aromatic heterocycles. The molecule has 0 unspecified atom stereocenters. The molecular weight excluding hydrogens is 371 g/mol. The van der Waals surface area contributed by atoms with Gasteiger partial charge < -0.3 is 14.6 Å². The Morgan fingerprint density at radius 1 is 1.10 bits per heavy atom. The van der Waals surface area contributed by atoms with Gasteiger partial charge in [0, 0.05) is 23.1 Å². The number of nitrogens with zero attached hydrogens (tertiary/aromatic N) is 2. The number of aromatic hydroxyl groups is 1. The molecule has 5 rings (SSSR count). The van der Waals surface area contributed by atoms with E-state index in [4.69, 9.17) is 14.6 Å². The Hall–Kier alpha value is -3.54. The molecule has 0 amide bonds. The Bertz CT molecular complexity index is 1110. The molecular formula is C23H19FN2O3. The second kappa shape index (κ2) is 6.81. The summed E-state index contributed by atoms with van der Waals surface area (Å²) in [5.74, 6) is 1.22. The first-order valence-corrected chi connectivity index (χ1v) is 9.38. The minimum absolute atomic E-state index is 0.0752. The molecule has 2 heterocycles. The first kappa shape index (κ1) is 17.6. The van der Waals surface area contributed by atoms with Crippen molar-refractivity contribution in [3.63, 3.8) is 0 Å². The van der Waals surface area contributed by atoms with E-state index < -0.39 is 6.23 Å². The quantitative estimate of drug-likeness (QED) is 0.699. The number of hydrogen-bond acceptors (Lipinski definition) is 5. The van der Waals surface area contributed by atoms with E-state index in [0.29, 0.717) is 23.3 Å². The maximum Gasteiger partial charge on any atom is 0.213 e. The molecule has 0 radical (unpaired) electrons. The van der Waals surface area contributed by atoms with Gasteiger partial charge in [0.25, 0.3) is 0 Å². The lowest BCUT2D eigenvalue weighted by molar-refractivity contribution is -0.0192. The number of phenolic OH excluding ortho intramolecular Hbond substituents is 1. The summed E-state index contributed by atoms with van der Waals surface area (Å²) in [6, 6.07) is 19.2. The van der Waals surface area contributed by atoms with Gasteiger partial charge >= 0.3 is 0 Å². The smallest absolute Gasteiger partial charge is 0.213 e. The lowest BCUT2D eigenvalue weighted by atomic mass is 9.95. The van der Waals surface area contributed by atoms with Gasteiger partial charge in [0.2, 0.25) is 6.23 Å². The monoisotopic (exact) mass is 390 g/mol. The summed E-state index contributed by atoms with van der Waals surface area (Å²) >= 11 is 0. The average Bonchev–Trinajstić information content (AvgIpc) is 3.19. The normalized spacial score (nSPS) is 19.8. The number of fused-ring (bicyclic) bond motifs is 3. The number of phenols is 1. The van der Waals surface area contributed by atoms with Gasteiger partial charge in [-0.15, -0.1) is 0 Å². The first-order chi connectivity index (χ1) is 14.1. The second-order valence-corrected chi connectivity index (χ2v) is 7.09. The summed E-state index contributed by atoms with van der Waals surface area (Å²) in [7, 11) is 1.58. The van der Waals surface area contributed by atoms with Crippen LogP contribution in [0.15, 0.2) is 71.8 Å². The van der Waals surface area contributed by atoms with Crippen LogP contribution in [0.25, 0.3) is 0 Å². The predicted molar refractivity (Wildman–Crippen MR) is 107 cm³/mol. The predicted octanol–water partition coefficient (Wildman–Crippen LogP) is 4.78. The fraction of sp³-hybridized carbons (Fsp3) is 0.174. The fourth-order valence-electron chi connectivity index (χ4n) is 3.95. The van der Waals surface area contributed by atoms with Crippen molar-refractivity contribution in [2.45, 2.75) is 18.7 Å². The van der Waals surface area contributed by atoms with E-state index in [2.05, 4.69) is 0 Å². The molecule has 3 aromatic rings. The first-order valence-electron chi connectivity index (χ1n) is 9.38. The molecule has 2 aliphatic heterocycles. The molecule has 3 aromatic carbocycles. The molecule has 1 N–H and O–H groups in total. The van der Waals surface area contributed by atoms with Crippen LogP contribution in [0.5, 0.6) is 17.2 Å². The van der Waals surface area contributed by atoms with Crippen molar-refractivity contribution >= 4 is 5.71 Å². The van der Waals surface area contributed by atoms with E-state index in [0.717, 1.165) is 17.0 Å². The van der Waals surface area contributed by atoms with Crippen LogP contribution in [-0.4, -0.2) is 22.9 Å². The molecule has 0 aliphatic carbocycles. The highest BCUT2D eigenvalue weighted by Gasteiger charge is 2.41. The SMILES string of the molecule is COc1ccc(O)c(C2=NN3[C@@H](C2)c2ccccc2O[C@H]3c2cccc(F)c2)c1. The number of rotatable bonds is 3. The lowest BCUT2D eigenvalue weighted by Crippen LogP contribution is -2.33. The number of halogens is 1. The third-order valence-electron chi connectivity index (χ3n) is 5.35. The molecule has 0 bridgehead atoms.